The summed E-state index contributed by atoms with van der Waals surface area (Å²) in [4.78, 5) is 25.6. The summed E-state index contributed by atoms with van der Waals surface area (Å²) < 4.78 is 8.55. The summed E-state index contributed by atoms with van der Waals surface area (Å²) in [5.74, 6) is 0. The smallest absolute Gasteiger partial charge is 0.870 e. The molecule has 7 heavy (non-hydrogen) atoms. The van der Waals surface area contributed by atoms with Gasteiger partial charge in [0.05, 0.1) is 0 Å². The van der Waals surface area contributed by atoms with Gasteiger partial charge in [0.1, 0.15) is 0 Å². The molecule has 0 amide bonds. The van der Waals surface area contributed by atoms with Crippen molar-refractivity contribution < 1.29 is 42.1 Å². The second-order valence-electron chi connectivity index (χ2n) is 0.447. The third-order valence-corrected chi connectivity index (χ3v) is 0. The molecule has 5 nitrogen and oxygen atoms in total. The van der Waals surface area contributed by atoms with Gasteiger partial charge in [0.2, 0.25) is 0 Å². The Kier molecular flexibility index (Phi) is 10.6. The number of rotatable bonds is 0. The molecule has 0 aromatic heterocycles. The van der Waals surface area contributed by atoms with Crippen molar-refractivity contribution >= 4 is 7.82 Å². The van der Waals surface area contributed by atoms with Gasteiger partial charge in [-0.2, -0.15) is 7.82 Å². The van der Waals surface area contributed by atoms with Crippen molar-refractivity contribution in [2.24, 2.45) is 0 Å². The molecule has 0 unspecified atom stereocenters. The Hall–Kier alpha value is 0.602. The maximum Gasteiger partial charge on any atom is 4.00 e. The SMILES string of the molecule is O=P([O-])([O-])[O-].[Cr+4].[OH-]. The first-order valence-corrected chi connectivity index (χ1v) is 2.19. The van der Waals surface area contributed by atoms with Crippen LogP contribution in [-0.4, -0.2) is 5.48 Å². The summed E-state index contributed by atoms with van der Waals surface area (Å²) in [5.41, 5.74) is 0. The summed E-state index contributed by atoms with van der Waals surface area (Å²) >= 11 is 0. The van der Waals surface area contributed by atoms with Crippen molar-refractivity contribution in [3.63, 3.8) is 0 Å². The molecule has 0 spiro atoms. The van der Waals surface area contributed by atoms with Crippen LogP contribution in [0.15, 0.2) is 0 Å². The first kappa shape index (κ1) is 15.6. The maximum absolute atomic E-state index is 8.55. The van der Waals surface area contributed by atoms with E-state index in [4.69, 9.17) is 19.2 Å². The van der Waals surface area contributed by atoms with Crippen molar-refractivity contribution in [1.29, 1.82) is 0 Å². The predicted octanol–water partition coefficient (Wildman–Crippen LogP) is -3.00. The minimum atomic E-state index is -5.39. The van der Waals surface area contributed by atoms with Crippen LogP contribution in [0.1, 0.15) is 0 Å². The molecule has 0 fully saturated rings. The van der Waals surface area contributed by atoms with Crippen molar-refractivity contribution in [2.45, 2.75) is 0 Å². The molecule has 0 aromatic carbocycles. The fourth-order valence-electron chi connectivity index (χ4n) is 0. The molecule has 0 aliphatic rings. The van der Waals surface area contributed by atoms with Crippen LogP contribution in [0.4, 0.5) is 0 Å². The molecular formula is HCrO5P. The van der Waals surface area contributed by atoms with Crippen LogP contribution in [0.25, 0.3) is 0 Å². The van der Waals surface area contributed by atoms with Crippen molar-refractivity contribution in [3.05, 3.63) is 0 Å². The maximum atomic E-state index is 8.55. The fourth-order valence-corrected chi connectivity index (χ4v) is 0. The Labute approximate surface area is 50.7 Å². The number of phosphoric acid groups is 1. The molecule has 42 valence electrons. The van der Waals surface area contributed by atoms with Gasteiger partial charge in [0.25, 0.3) is 0 Å². The van der Waals surface area contributed by atoms with Crippen LogP contribution in [0.5, 0.6) is 0 Å². The average molecular weight is 164 g/mol. The Morgan fingerprint density at radius 3 is 1.14 bits per heavy atom. The minimum absolute atomic E-state index is 0. The monoisotopic (exact) mass is 164 g/mol. The Bertz CT molecular complexity index is 54.2. The van der Waals surface area contributed by atoms with E-state index in [2.05, 4.69) is 0 Å². The number of hydrogen-bond acceptors (Lipinski definition) is 5. The largest absolute Gasteiger partial charge is 4.00 e. The summed E-state index contributed by atoms with van der Waals surface area (Å²) in [6.45, 7) is 0. The van der Waals surface area contributed by atoms with Crippen molar-refractivity contribution in [1.82, 2.24) is 0 Å². The van der Waals surface area contributed by atoms with E-state index in [1.165, 1.54) is 0 Å². The van der Waals surface area contributed by atoms with Crippen LogP contribution >= 0.6 is 7.82 Å². The zero-order chi connectivity index (χ0) is 4.50. The molecule has 0 aromatic rings. The zero-order valence-electron chi connectivity index (χ0n) is 2.94. The van der Waals surface area contributed by atoms with Crippen LogP contribution in [0.2, 0.25) is 0 Å². The van der Waals surface area contributed by atoms with Gasteiger partial charge in [-0.15, -0.1) is 0 Å². The molecule has 0 bridgehead atoms. The normalized spacial score (nSPS) is 8.43. The first-order valence-electron chi connectivity index (χ1n) is 0.730. The quantitative estimate of drug-likeness (QED) is 0.353. The van der Waals surface area contributed by atoms with E-state index < -0.39 is 7.82 Å². The third kappa shape index (κ3) is 385. The summed E-state index contributed by atoms with van der Waals surface area (Å²) in [7, 11) is -5.39. The molecule has 0 atom stereocenters. The average Bonchev–Trinajstić information content (AvgIpc) is 0.722. The second kappa shape index (κ2) is 4.75. The Morgan fingerprint density at radius 1 is 1.14 bits per heavy atom. The van der Waals surface area contributed by atoms with E-state index in [0.29, 0.717) is 0 Å². The minimum Gasteiger partial charge on any atom is -0.870 e. The molecule has 0 aliphatic carbocycles. The van der Waals surface area contributed by atoms with Crippen LogP contribution in [-0.2, 0) is 21.9 Å². The van der Waals surface area contributed by atoms with Gasteiger partial charge in [0.15, 0.2) is 0 Å². The van der Waals surface area contributed by atoms with Crippen molar-refractivity contribution in [3.8, 4) is 0 Å². The van der Waals surface area contributed by atoms with E-state index in [1.807, 2.05) is 0 Å². The zero-order valence-corrected chi connectivity index (χ0v) is 5.11. The summed E-state index contributed by atoms with van der Waals surface area (Å²) in [6, 6.07) is 0. The predicted molar refractivity (Wildman–Crippen MR) is 9.54 cm³/mol. The fraction of sp³-hybridized carbons (Fsp3) is 0. The van der Waals surface area contributed by atoms with Crippen LogP contribution in [0, 0.1) is 0 Å². The van der Waals surface area contributed by atoms with Crippen LogP contribution < -0.4 is 14.7 Å². The molecule has 0 aliphatic heterocycles. The molecular weight excluding hydrogens is 163 g/mol. The Balaban J connectivity index is -0.0000000800. The van der Waals surface area contributed by atoms with Gasteiger partial charge in [-0.3, -0.25) is 0 Å². The molecule has 0 saturated heterocycles. The standard InChI is InChI=1S/Cr.H3O4P.H2O/c;1-5(2,3)4;/h;(H3,1,2,3,4);1H2/q+4;;/p-4. The number of hydrogen-bond donors (Lipinski definition) is 0. The molecule has 0 heterocycles. The van der Waals surface area contributed by atoms with Crippen LogP contribution in [0.3, 0.4) is 0 Å². The molecule has 1 N–H and O–H groups in total. The molecule has 0 saturated carbocycles. The summed E-state index contributed by atoms with van der Waals surface area (Å²) in [6.07, 6.45) is 0. The van der Waals surface area contributed by atoms with Gasteiger partial charge in [0, 0.05) is 0 Å². The van der Waals surface area contributed by atoms with E-state index in [0.717, 1.165) is 0 Å². The topological polar surface area (TPSA) is 116 Å². The van der Waals surface area contributed by atoms with Gasteiger partial charge in [-0.05, 0) is 0 Å². The van der Waals surface area contributed by atoms with Gasteiger partial charge in [-0.1, -0.05) is 0 Å². The summed E-state index contributed by atoms with van der Waals surface area (Å²) in [5, 5.41) is 0. The van der Waals surface area contributed by atoms with Gasteiger partial charge in [-0.25, -0.2) is 0 Å². The van der Waals surface area contributed by atoms with Gasteiger partial charge < -0.3 is 24.7 Å². The van der Waals surface area contributed by atoms with E-state index >= 15 is 0 Å². The van der Waals surface area contributed by atoms with Crippen molar-refractivity contribution in [2.75, 3.05) is 0 Å². The van der Waals surface area contributed by atoms with Gasteiger partial charge >= 0.3 is 17.4 Å². The molecule has 0 radical (unpaired) electrons. The van der Waals surface area contributed by atoms with E-state index in [9.17, 15) is 0 Å². The van der Waals surface area contributed by atoms with E-state index in [-0.39, 0.29) is 22.8 Å². The molecule has 7 heteroatoms. The Morgan fingerprint density at radius 2 is 1.14 bits per heavy atom. The second-order valence-corrected chi connectivity index (χ2v) is 1.34. The van der Waals surface area contributed by atoms with E-state index in [1.54, 1.807) is 0 Å². The third-order valence-electron chi connectivity index (χ3n) is 0. The first-order chi connectivity index (χ1) is 2.00. The molecule has 0 rings (SSSR count).